The van der Waals surface area contributed by atoms with Crippen LogP contribution < -0.4 is 5.73 Å². The monoisotopic (exact) mass is 226 g/mol. The number of hydrogen-bond donors (Lipinski definition) is 1. The average Bonchev–Trinajstić information content (AvgIpc) is 2.34. The first-order valence-corrected chi connectivity index (χ1v) is 6.83. The van der Waals surface area contributed by atoms with Crippen molar-refractivity contribution in [3.8, 4) is 0 Å². The molecule has 0 aromatic heterocycles. The van der Waals surface area contributed by atoms with Crippen LogP contribution >= 0.6 is 0 Å². The molecule has 2 aliphatic heterocycles. The Hall–Kier alpha value is -0.120. The van der Waals surface area contributed by atoms with Gasteiger partial charge < -0.3 is 10.5 Å². The molecule has 1 atom stereocenters. The normalized spacial score (nSPS) is 28.1. The molecule has 0 spiro atoms. The van der Waals surface area contributed by atoms with Gasteiger partial charge in [0.05, 0.1) is 0 Å². The summed E-state index contributed by atoms with van der Waals surface area (Å²) >= 11 is 0. The van der Waals surface area contributed by atoms with Crippen LogP contribution in [0.3, 0.4) is 0 Å². The molecule has 3 heteroatoms. The third-order valence-corrected chi connectivity index (χ3v) is 4.34. The van der Waals surface area contributed by atoms with Crippen LogP contribution in [-0.4, -0.2) is 43.8 Å². The molecule has 94 valence electrons. The van der Waals surface area contributed by atoms with E-state index in [1.807, 2.05) is 0 Å². The molecule has 0 aliphatic carbocycles. The van der Waals surface area contributed by atoms with Crippen molar-refractivity contribution in [2.45, 2.75) is 38.6 Å². The Kier molecular flexibility index (Phi) is 4.62. The number of nitrogens with zero attached hydrogens (tertiary/aromatic N) is 1. The summed E-state index contributed by atoms with van der Waals surface area (Å²) in [5.41, 5.74) is 5.99. The van der Waals surface area contributed by atoms with E-state index >= 15 is 0 Å². The highest BCUT2D eigenvalue weighted by molar-refractivity contribution is 4.84. The Balaban J connectivity index is 1.88. The lowest BCUT2D eigenvalue weighted by atomic mass is 9.88. The second-order valence-electron chi connectivity index (χ2n) is 5.47. The summed E-state index contributed by atoms with van der Waals surface area (Å²) in [7, 11) is 0. The highest BCUT2D eigenvalue weighted by Gasteiger charge is 2.29. The predicted molar refractivity (Wildman–Crippen MR) is 66.4 cm³/mol. The molecule has 0 aromatic carbocycles. The van der Waals surface area contributed by atoms with Crippen molar-refractivity contribution < 1.29 is 4.74 Å². The van der Waals surface area contributed by atoms with E-state index in [9.17, 15) is 0 Å². The van der Waals surface area contributed by atoms with Gasteiger partial charge in [-0.1, -0.05) is 6.92 Å². The van der Waals surface area contributed by atoms with Crippen molar-refractivity contribution in [1.82, 2.24) is 4.90 Å². The first-order chi connectivity index (χ1) is 7.81. The van der Waals surface area contributed by atoms with E-state index in [-0.39, 0.29) is 0 Å². The maximum absolute atomic E-state index is 5.99. The Morgan fingerprint density at radius 3 is 2.38 bits per heavy atom. The lowest BCUT2D eigenvalue weighted by molar-refractivity contribution is 0.0187. The molecule has 2 aliphatic rings. The number of ether oxygens (including phenoxy) is 1. The van der Waals surface area contributed by atoms with E-state index < -0.39 is 0 Å². The van der Waals surface area contributed by atoms with Crippen molar-refractivity contribution in [3.05, 3.63) is 0 Å². The van der Waals surface area contributed by atoms with Gasteiger partial charge in [-0.05, 0) is 50.6 Å². The van der Waals surface area contributed by atoms with Crippen LogP contribution in [0.5, 0.6) is 0 Å². The summed E-state index contributed by atoms with van der Waals surface area (Å²) < 4.78 is 5.44. The van der Waals surface area contributed by atoms with Gasteiger partial charge in [0.25, 0.3) is 0 Å². The molecule has 0 radical (unpaired) electrons. The summed E-state index contributed by atoms with van der Waals surface area (Å²) in [6, 6.07) is 0.608. The number of piperidine rings is 1. The van der Waals surface area contributed by atoms with E-state index in [1.54, 1.807) is 0 Å². The van der Waals surface area contributed by atoms with Crippen molar-refractivity contribution >= 4 is 0 Å². The maximum Gasteiger partial charge on any atom is 0.0469 e. The molecule has 0 aromatic rings. The second kappa shape index (κ2) is 5.99. The smallest absolute Gasteiger partial charge is 0.0469 e. The van der Waals surface area contributed by atoms with Gasteiger partial charge in [0.1, 0.15) is 0 Å². The van der Waals surface area contributed by atoms with Crippen LogP contribution in [0.1, 0.15) is 32.6 Å². The van der Waals surface area contributed by atoms with E-state index in [0.717, 1.165) is 31.6 Å². The molecule has 0 amide bonds. The number of rotatable bonds is 3. The fourth-order valence-corrected chi connectivity index (χ4v) is 3.10. The summed E-state index contributed by atoms with van der Waals surface area (Å²) in [4.78, 5) is 2.63. The van der Waals surface area contributed by atoms with Gasteiger partial charge in [-0.3, -0.25) is 4.90 Å². The van der Waals surface area contributed by atoms with Gasteiger partial charge in [-0.2, -0.15) is 0 Å². The molecular weight excluding hydrogens is 200 g/mol. The zero-order valence-electron chi connectivity index (χ0n) is 10.5. The Morgan fingerprint density at radius 1 is 1.19 bits per heavy atom. The van der Waals surface area contributed by atoms with E-state index in [2.05, 4.69) is 11.8 Å². The maximum atomic E-state index is 5.99. The Morgan fingerprint density at radius 2 is 1.81 bits per heavy atom. The average molecular weight is 226 g/mol. The lowest BCUT2D eigenvalue weighted by Crippen LogP contribution is -2.50. The summed E-state index contributed by atoms with van der Waals surface area (Å²) in [5.74, 6) is 1.68. The third-order valence-electron chi connectivity index (χ3n) is 4.34. The molecule has 2 fully saturated rings. The minimum Gasteiger partial charge on any atom is -0.381 e. The lowest BCUT2D eigenvalue weighted by Gasteiger charge is -2.41. The first-order valence-electron chi connectivity index (χ1n) is 6.83. The van der Waals surface area contributed by atoms with Crippen molar-refractivity contribution in [2.24, 2.45) is 17.6 Å². The summed E-state index contributed by atoms with van der Waals surface area (Å²) in [6.07, 6.45) is 5.10. The van der Waals surface area contributed by atoms with Crippen molar-refractivity contribution in [1.29, 1.82) is 0 Å². The number of likely N-dealkylation sites (tertiary alicyclic amines) is 1. The largest absolute Gasteiger partial charge is 0.381 e. The topological polar surface area (TPSA) is 38.5 Å². The van der Waals surface area contributed by atoms with E-state index in [4.69, 9.17) is 10.5 Å². The zero-order valence-corrected chi connectivity index (χ0v) is 10.5. The molecule has 1 unspecified atom stereocenters. The molecular formula is C13H26N2O. The Bertz CT molecular complexity index is 196. The van der Waals surface area contributed by atoms with E-state index in [0.29, 0.717) is 6.04 Å². The van der Waals surface area contributed by atoms with Crippen LogP contribution in [0.15, 0.2) is 0 Å². The number of hydrogen-bond acceptors (Lipinski definition) is 3. The van der Waals surface area contributed by atoms with Gasteiger partial charge in [-0.25, -0.2) is 0 Å². The molecule has 2 heterocycles. The quantitative estimate of drug-likeness (QED) is 0.792. The molecule has 2 N–H and O–H groups in total. The SMILES string of the molecule is CC1CCN(C(CN)C2CCOCC2)CC1. The molecule has 0 saturated carbocycles. The van der Waals surface area contributed by atoms with Crippen molar-refractivity contribution in [3.63, 3.8) is 0 Å². The number of nitrogens with two attached hydrogens (primary N) is 1. The highest BCUT2D eigenvalue weighted by atomic mass is 16.5. The van der Waals surface area contributed by atoms with Crippen LogP contribution in [0, 0.1) is 11.8 Å². The molecule has 2 saturated heterocycles. The second-order valence-corrected chi connectivity index (χ2v) is 5.47. The molecule has 16 heavy (non-hydrogen) atoms. The van der Waals surface area contributed by atoms with Crippen LogP contribution in [0.4, 0.5) is 0 Å². The zero-order chi connectivity index (χ0) is 11.4. The first kappa shape index (κ1) is 12.3. The standard InChI is InChI=1S/C13H26N2O/c1-11-2-6-15(7-3-11)13(10-14)12-4-8-16-9-5-12/h11-13H,2-10,14H2,1H3. The van der Waals surface area contributed by atoms with E-state index in [1.165, 1.54) is 38.8 Å². The fraction of sp³-hybridized carbons (Fsp3) is 1.00. The third kappa shape index (κ3) is 2.96. The minimum absolute atomic E-state index is 0.608. The van der Waals surface area contributed by atoms with Crippen LogP contribution in [0.25, 0.3) is 0 Å². The molecule has 2 rings (SSSR count). The Labute approximate surface area is 99.3 Å². The van der Waals surface area contributed by atoms with Crippen molar-refractivity contribution in [2.75, 3.05) is 32.8 Å². The van der Waals surface area contributed by atoms with Gasteiger partial charge in [0, 0.05) is 25.8 Å². The van der Waals surface area contributed by atoms with Gasteiger partial charge >= 0.3 is 0 Å². The van der Waals surface area contributed by atoms with Crippen LogP contribution in [0.2, 0.25) is 0 Å². The van der Waals surface area contributed by atoms with Gasteiger partial charge in [0.15, 0.2) is 0 Å². The fourth-order valence-electron chi connectivity index (χ4n) is 3.10. The van der Waals surface area contributed by atoms with Crippen LogP contribution in [-0.2, 0) is 4.74 Å². The minimum atomic E-state index is 0.608. The molecule has 0 bridgehead atoms. The highest BCUT2D eigenvalue weighted by Crippen LogP contribution is 2.26. The summed E-state index contributed by atoms with van der Waals surface area (Å²) in [6.45, 7) is 7.56. The summed E-state index contributed by atoms with van der Waals surface area (Å²) in [5, 5.41) is 0. The van der Waals surface area contributed by atoms with Gasteiger partial charge in [-0.15, -0.1) is 0 Å². The van der Waals surface area contributed by atoms with Gasteiger partial charge in [0.2, 0.25) is 0 Å². The predicted octanol–water partition coefficient (Wildman–Crippen LogP) is 1.47. The molecule has 3 nitrogen and oxygen atoms in total.